The van der Waals surface area contributed by atoms with Gasteiger partial charge < -0.3 is 9.84 Å². The summed E-state index contributed by atoms with van der Waals surface area (Å²) in [6.07, 6.45) is 8.30. The molecule has 1 N–H and O–H groups in total. The molecule has 4 rings (SSSR count). The summed E-state index contributed by atoms with van der Waals surface area (Å²) in [5.74, 6) is -0.211. The molecule has 27 heavy (non-hydrogen) atoms. The van der Waals surface area contributed by atoms with Crippen LogP contribution in [-0.2, 0) is 9.53 Å². The van der Waals surface area contributed by atoms with Crippen molar-refractivity contribution in [3.05, 3.63) is 48.0 Å². The first-order valence-corrected chi connectivity index (χ1v) is 10.3. The van der Waals surface area contributed by atoms with Crippen molar-refractivity contribution in [1.29, 1.82) is 0 Å². The minimum atomic E-state index is -1.01. The number of aliphatic hydroxyl groups is 1. The molecular weight excluding hydrogens is 338 g/mol. The van der Waals surface area contributed by atoms with Gasteiger partial charge in [-0.1, -0.05) is 48.9 Å². The van der Waals surface area contributed by atoms with E-state index in [9.17, 15) is 9.90 Å². The fraction of sp³-hybridized carbons (Fsp3) is 0.609. The van der Waals surface area contributed by atoms with Gasteiger partial charge in [-0.3, -0.25) is 9.69 Å². The number of carbonyl (C=O) groups excluding carboxylic acids is 1. The smallest absolute Gasteiger partial charge is 0.316 e. The summed E-state index contributed by atoms with van der Waals surface area (Å²) in [6, 6.07) is 10.7. The zero-order valence-corrected chi connectivity index (χ0v) is 16.5. The number of esters is 1. The molecule has 4 atom stereocenters. The fourth-order valence-corrected chi connectivity index (χ4v) is 5.99. The van der Waals surface area contributed by atoms with Gasteiger partial charge in [-0.05, 0) is 45.1 Å². The molecule has 1 heterocycles. The highest BCUT2D eigenvalue weighted by Crippen LogP contribution is 2.63. The minimum absolute atomic E-state index is 0.199. The molecule has 0 unspecified atom stereocenters. The van der Waals surface area contributed by atoms with E-state index >= 15 is 0 Å². The molecule has 2 aliphatic carbocycles. The van der Waals surface area contributed by atoms with Crippen molar-refractivity contribution in [1.82, 2.24) is 4.90 Å². The third-order valence-corrected chi connectivity index (χ3v) is 7.49. The third kappa shape index (κ3) is 2.60. The summed E-state index contributed by atoms with van der Waals surface area (Å²) < 4.78 is 5.55. The number of ether oxygens (including phenoxy) is 1. The monoisotopic (exact) mass is 369 g/mol. The number of hydrogen-bond acceptors (Lipinski definition) is 4. The molecule has 4 nitrogen and oxygen atoms in total. The van der Waals surface area contributed by atoms with E-state index in [-0.39, 0.29) is 17.4 Å². The van der Waals surface area contributed by atoms with Gasteiger partial charge in [0.2, 0.25) is 0 Å². The normalized spacial score (nSPS) is 36.7. The average molecular weight is 370 g/mol. The summed E-state index contributed by atoms with van der Waals surface area (Å²) >= 11 is 0. The van der Waals surface area contributed by atoms with Crippen molar-refractivity contribution in [2.45, 2.75) is 57.6 Å². The van der Waals surface area contributed by atoms with Crippen molar-refractivity contribution in [3.63, 3.8) is 0 Å². The molecule has 0 spiro atoms. The second-order valence-electron chi connectivity index (χ2n) is 8.67. The molecule has 2 bridgehead atoms. The molecule has 3 aliphatic rings. The van der Waals surface area contributed by atoms with Gasteiger partial charge in [0.15, 0.2) is 0 Å². The van der Waals surface area contributed by atoms with Crippen molar-refractivity contribution in [3.8, 4) is 0 Å². The zero-order chi connectivity index (χ0) is 19.1. The third-order valence-electron chi connectivity index (χ3n) is 7.49. The molecule has 1 saturated carbocycles. The van der Waals surface area contributed by atoms with Crippen LogP contribution in [0.15, 0.2) is 42.5 Å². The number of allylic oxidation sites excluding steroid dienone is 1. The fourth-order valence-electron chi connectivity index (χ4n) is 5.99. The summed E-state index contributed by atoms with van der Waals surface area (Å²) in [5, 5.41) is 12.0. The molecule has 1 aliphatic heterocycles. The topological polar surface area (TPSA) is 49.8 Å². The molecule has 0 amide bonds. The van der Waals surface area contributed by atoms with Crippen LogP contribution in [0.4, 0.5) is 0 Å². The highest BCUT2D eigenvalue weighted by Gasteiger charge is 2.71. The van der Waals surface area contributed by atoms with Gasteiger partial charge >= 0.3 is 5.97 Å². The number of benzene rings is 1. The lowest BCUT2D eigenvalue weighted by atomic mass is 9.45. The van der Waals surface area contributed by atoms with Gasteiger partial charge in [0, 0.05) is 24.5 Å². The van der Waals surface area contributed by atoms with Crippen LogP contribution < -0.4 is 0 Å². The first kappa shape index (κ1) is 18.7. The highest BCUT2D eigenvalue weighted by molar-refractivity contribution is 5.80. The summed E-state index contributed by atoms with van der Waals surface area (Å²) in [6.45, 7) is 5.80. The van der Waals surface area contributed by atoms with Gasteiger partial charge in [-0.2, -0.15) is 0 Å². The SMILES string of the molecule is CCOC(=O)[C@@]12CCC[C@@]3(CC=CC[C@]31O)CN([C@@H](C)c1ccccc1)C2. The quantitative estimate of drug-likeness (QED) is 0.647. The first-order valence-electron chi connectivity index (χ1n) is 10.3. The summed E-state index contributed by atoms with van der Waals surface area (Å²) in [5.41, 5.74) is -0.865. The van der Waals surface area contributed by atoms with Gasteiger partial charge in [0.05, 0.1) is 12.2 Å². The number of rotatable bonds is 4. The van der Waals surface area contributed by atoms with E-state index in [1.165, 1.54) is 5.56 Å². The predicted molar refractivity (Wildman–Crippen MR) is 105 cm³/mol. The van der Waals surface area contributed by atoms with Crippen LogP contribution in [-0.4, -0.2) is 41.3 Å². The Kier molecular flexibility index (Phi) is 4.68. The Morgan fingerprint density at radius 1 is 1.19 bits per heavy atom. The number of piperidine rings is 1. The van der Waals surface area contributed by atoms with Crippen LogP contribution in [0.25, 0.3) is 0 Å². The van der Waals surface area contributed by atoms with Crippen molar-refractivity contribution in [2.24, 2.45) is 10.8 Å². The van der Waals surface area contributed by atoms with Gasteiger partial charge in [0.25, 0.3) is 0 Å². The molecule has 2 fully saturated rings. The van der Waals surface area contributed by atoms with Crippen LogP contribution >= 0.6 is 0 Å². The lowest BCUT2D eigenvalue weighted by molar-refractivity contribution is -0.254. The Bertz CT molecular complexity index is 732. The minimum Gasteiger partial charge on any atom is -0.465 e. The number of hydrogen-bond donors (Lipinski definition) is 1. The van der Waals surface area contributed by atoms with Crippen LogP contribution in [0.5, 0.6) is 0 Å². The van der Waals surface area contributed by atoms with E-state index < -0.39 is 11.0 Å². The summed E-state index contributed by atoms with van der Waals surface area (Å²) in [4.78, 5) is 15.7. The zero-order valence-electron chi connectivity index (χ0n) is 16.5. The highest BCUT2D eigenvalue weighted by atomic mass is 16.5. The Hall–Kier alpha value is -1.65. The maximum Gasteiger partial charge on any atom is 0.316 e. The van der Waals surface area contributed by atoms with E-state index in [0.717, 1.165) is 25.8 Å². The molecule has 146 valence electrons. The Balaban J connectivity index is 1.77. The van der Waals surface area contributed by atoms with E-state index in [2.05, 4.69) is 48.2 Å². The predicted octanol–water partition coefficient (Wildman–Crippen LogP) is 3.86. The van der Waals surface area contributed by atoms with E-state index in [1.54, 1.807) is 0 Å². The molecule has 1 saturated heterocycles. The van der Waals surface area contributed by atoms with E-state index in [1.807, 2.05) is 13.0 Å². The lowest BCUT2D eigenvalue weighted by Crippen LogP contribution is -2.75. The second kappa shape index (κ2) is 6.75. The lowest BCUT2D eigenvalue weighted by Gasteiger charge is -2.66. The average Bonchev–Trinajstić information content (AvgIpc) is 2.67. The van der Waals surface area contributed by atoms with Crippen molar-refractivity contribution in [2.75, 3.05) is 19.7 Å². The molecule has 1 aromatic carbocycles. The van der Waals surface area contributed by atoms with Crippen LogP contribution in [0.1, 0.15) is 57.6 Å². The molecule has 4 heteroatoms. The second-order valence-corrected chi connectivity index (χ2v) is 8.67. The number of nitrogens with zero attached hydrogens (tertiary/aromatic N) is 1. The Labute approximate surface area is 162 Å². The van der Waals surface area contributed by atoms with E-state index in [4.69, 9.17) is 4.74 Å². The maximum absolute atomic E-state index is 13.3. The van der Waals surface area contributed by atoms with E-state index in [0.29, 0.717) is 26.0 Å². The number of carbonyl (C=O) groups is 1. The van der Waals surface area contributed by atoms with Gasteiger partial charge in [-0.25, -0.2) is 0 Å². The van der Waals surface area contributed by atoms with Gasteiger partial charge in [0.1, 0.15) is 5.41 Å². The number of likely N-dealkylation sites (tertiary alicyclic amines) is 1. The molecule has 0 aromatic heterocycles. The summed E-state index contributed by atoms with van der Waals surface area (Å²) in [7, 11) is 0. The Morgan fingerprint density at radius 3 is 2.67 bits per heavy atom. The van der Waals surface area contributed by atoms with Crippen molar-refractivity contribution < 1.29 is 14.6 Å². The molecular formula is C23H31NO3. The Morgan fingerprint density at radius 2 is 1.93 bits per heavy atom. The molecule has 0 radical (unpaired) electrons. The van der Waals surface area contributed by atoms with Crippen molar-refractivity contribution >= 4 is 5.97 Å². The first-order chi connectivity index (χ1) is 13.0. The van der Waals surface area contributed by atoms with Gasteiger partial charge in [-0.15, -0.1) is 0 Å². The largest absolute Gasteiger partial charge is 0.465 e. The molecule has 1 aromatic rings. The van der Waals surface area contributed by atoms with Crippen LogP contribution in [0.3, 0.4) is 0 Å². The van der Waals surface area contributed by atoms with Crippen LogP contribution in [0.2, 0.25) is 0 Å². The van der Waals surface area contributed by atoms with Crippen LogP contribution in [0, 0.1) is 10.8 Å². The standard InChI is InChI=1S/C23H31NO3/c1-3-27-20(25)22-14-9-13-21(12-7-8-15-23(21,22)26)16-24(17-22)18(2)19-10-5-4-6-11-19/h4-8,10-11,18,26H,3,9,12-17H2,1-2H3/t18-,21-,22-,23-/m0/s1. The maximum atomic E-state index is 13.3.